The Morgan fingerprint density at radius 1 is 1.47 bits per heavy atom. The molecule has 0 aliphatic carbocycles. The maximum atomic E-state index is 13.4. The molecule has 2 N–H and O–H groups in total. The summed E-state index contributed by atoms with van der Waals surface area (Å²) < 4.78 is 26.1. The molecule has 1 aromatic carbocycles. The van der Waals surface area contributed by atoms with E-state index in [9.17, 15) is 13.6 Å². The van der Waals surface area contributed by atoms with Gasteiger partial charge in [0.25, 0.3) is 0 Å². The lowest BCUT2D eigenvalue weighted by Crippen LogP contribution is -2.42. The van der Waals surface area contributed by atoms with Gasteiger partial charge in [0.2, 0.25) is 5.91 Å². The molecule has 0 spiro atoms. The van der Waals surface area contributed by atoms with Crippen LogP contribution < -0.4 is 5.32 Å². The number of aliphatic hydroxyl groups excluding tert-OH is 1. The molecule has 0 aliphatic heterocycles. The second-order valence-corrected chi connectivity index (χ2v) is 5.30. The van der Waals surface area contributed by atoms with Crippen molar-refractivity contribution < 1.29 is 18.7 Å². The molecular weight excluding hydrogens is 272 g/mol. The van der Waals surface area contributed by atoms with Crippen LogP contribution in [0.3, 0.4) is 0 Å². The number of carbonyl (C=O) groups is 1. The van der Waals surface area contributed by atoms with Crippen LogP contribution in [0.5, 0.6) is 0 Å². The maximum absolute atomic E-state index is 13.4. The largest absolute Gasteiger partial charge is 0.395 e. The molecular formula is C13H17F2NO2S. The lowest BCUT2D eigenvalue weighted by Gasteiger charge is -2.21. The average Bonchev–Trinajstić information content (AvgIpc) is 2.34. The van der Waals surface area contributed by atoms with Crippen molar-refractivity contribution in [2.45, 2.75) is 24.6 Å². The van der Waals surface area contributed by atoms with Crippen LogP contribution in [-0.2, 0) is 11.2 Å². The van der Waals surface area contributed by atoms with Crippen molar-refractivity contribution in [1.29, 1.82) is 0 Å². The molecule has 0 aliphatic rings. The fourth-order valence-corrected chi connectivity index (χ4v) is 2.30. The Morgan fingerprint density at radius 3 is 2.68 bits per heavy atom. The highest BCUT2D eigenvalue weighted by molar-refractivity contribution is 7.99. The first-order valence-electron chi connectivity index (χ1n) is 5.85. The molecule has 19 heavy (non-hydrogen) atoms. The molecule has 1 rings (SSSR count). The van der Waals surface area contributed by atoms with Crippen molar-refractivity contribution in [3.63, 3.8) is 0 Å². The quantitative estimate of drug-likeness (QED) is 0.838. The molecule has 0 bridgehead atoms. The molecule has 6 heteroatoms. The van der Waals surface area contributed by atoms with Crippen LogP contribution in [0.2, 0.25) is 0 Å². The summed E-state index contributed by atoms with van der Waals surface area (Å²) in [5.74, 6) is -1.75. The summed E-state index contributed by atoms with van der Waals surface area (Å²) in [6.07, 6.45) is 1.69. The number of carbonyl (C=O) groups excluding carboxylic acids is 1. The highest BCUT2D eigenvalue weighted by Gasteiger charge is 2.18. The van der Waals surface area contributed by atoms with Gasteiger partial charge in [0, 0.05) is 17.4 Å². The molecule has 0 saturated carbocycles. The van der Waals surface area contributed by atoms with E-state index in [1.54, 1.807) is 6.92 Å². The Hall–Kier alpha value is -1.14. The third-order valence-electron chi connectivity index (χ3n) is 2.80. The lowest BCUT2D eigenvalue weighted by molar-refractivity contribution is -0.121. The minimum atomic E-state index is -0.730. The van der Waals surface area contributed by atoms with Gasteiger partial charge >= 0.3 is 0 Å². The van der Waals surface area contributed by atoms with E-state index in [0.717, 1.165) is 12.1 Å². The van der Waals surface area contributed by atoms with Crippen molar-refractivity contribution in [3.05, 3.63) is 35.4 Å². The number of hydrogen-bond acceptors (Lipinski definition) is 3. The van der Waals surface area contributed by atoms with Crippen molar-refractivity contribution in [2.75, 3.05) is 12.9 Å². The summed E-state index contributed by atoms with van der Waals surface area (Å²) in [6, 6.07) is 2.90. The number of amides is 1. The summed E-state index contributed by atoms with van der Waals surface area (Å²) in [7, 11) is 0. The fourth-order valence-electron chi connectivity index (χ4n) is 1.67. The van der Waals surface area contributed by atoms with E-state index < -0.39 is 11.6 Å². The van der Waals surface area contributed by atoms with E-state index in [2.05, 4.69) is 5.32 Å². The molecule has 3 nitrogen and oxygen atoms in total. The predicted molar refractivity (Wildman–Crippen MR) is 72.1 cm³/mol. The highest BCUT2D eigenvalue weighted by atomic mass is 32.2. The van der Waals surface area contributed by atoms with Crippen LogP contribution in [0.15, 0.2) is 18.2 Å². The SMILES string of the molecule is CS[C@@H](CO)[C@H](C)NC(=O)Cc1ccc(F)cc1F. The standard InChI is InChI=1S/C13H17F2NO2S/c1-8(12(7-17)19-2)16-13(18)5-9-3-4-10(14)6-11(9)15/h3-4,6,8,12,17H,5,7H2,1-2H3,(H,16,18)/t8-,12-/m0/s1. The molecule has 1 aromatic rings. The van der Waals surface area contributed by atoms with Crippen LogP contribution in [0.1, 0.15) is 12.5 Å². The summed E-state index contributed by atoms with van der Waals surface area (Å²) in [6.45, 7) is 1.73. The smallest absolute Gasteiger partial charge is 0.224 e. The van der Waals surface area contributed by atoms with E-state index in [-0.39, 0.29) is 35.8 Å². The van der Waals surface area contributed by atoms with E-state index in [1.165, 1.54) is 17.8 Å². The Labute approximate surface area is 115 Å². The van der Waals surface area contributed by atoms with Crippen LogP contribution in [0.4, 0.5) is 8.78 Å². The van der Waals surface area contributed by atoms with Gasteiger partial charge in [-0.2, -0.15) is 11.8 Å². The number of aliphatic hydroxyl groups is 1. The zero-order chi connectivity index (χ0) is 14.4. The predicted octanol–water partition coefficient (Wildman–Crippen LogP) is 1.74. The molecule has 0 aromatic heterocycles. The molecule has 0 unspecified atom stereocenters. The minimum Gasteiger partial charge on any atom is -0.395 e. The summed E-state index contributed by atoms with van der Waals surface area (Å²) in [5.41, 5.74) is 0.149. The molecule has 0 heterocycles. The number of hydrogen-bond donors (Lipinski definition) is 2. The fraction of sp³-hybridized carbons (Fsp3) is 0.462. The van der Waals surface area contributed by atoms with Gasteiger partial charge < -0.3 is 10.4 Å². The van der Waals surface area contributed by atoms with Crippen molar-refractivity contribution >= 4 is 17.7 Å². The Morgan fingerprint density at radius 2 is 2.16 bits per heavy atom. The summed E-state index contributed by atoms with van der Waals surface area (Å²) >= 11 is 1.44. The first-order chi connectivity index (χ1) is 8.97. The first-order valence-corrected chi connectivity index (χ1v) is 7.13. The van der Waals surface area contributed by atoms with E-state index in [4.69, 9.17) is 5.11 Å². The number of rotatable bonds is 6. The van der Waals surface area contributed by atoms with Gasteiger partial charge in [-0.05, 0) is 24.8 Å². The number of nitrogens with one attached hydrogen (secondary N) is 1. The molecule has 0 radical (unpaired) electrons. The maximum Gasteiger partial charge on any atom is 0.224 e. The Balaban J connectivity index is 2.60. The highest BCUT2D eigenvalue weighted by Crippen LogP contribution is 2.12. The normalized spacial score (nSPS) is 13.9. The van der Waals surface area contributed by atoms with Gasteiger partial charge in [-0.25, -0.2) is 8.78 Å². The van der Waals surface area contributed by atoms with Crippen LogP contribution in [-0.4, -0.2) is 35.2 Å². The van der Waals surface area contributed by atoms with Crippen molar-refractivity contribution in [2.24, 2.45) is 0 Å². The van der Waals surface area contributed by atoms with Crippen molar-refractivity contribution in [1.82, 2.24) is 5.32 Å². The molecule has 106 valence electrons. The second-order valence-electron chi connectivity index (χ2n) is 4.23. The third-order valence-corrected chi connectivity index (χ3v) is 3.96. The van der Waals surface area contributed by atoms with Crippen LogP contribution in [0.25, 0.3) is 0 Å². The molecule has 2 atom stereocenters. The average molecular weight is 289 g/mol. The second kappa shape index (κ2) is 7.45. The van der Waals surface area contributed by atoms with Gasteiger partial charge in [-0.3, -0.25) is 4.79 Å². The molecule has 1 amide bonds. The summed E-state index contributed by atoms with van der Waals surface area (Å²) in [4.78, 5) is 11.7. The van der Waals surface area contributed by atoms with Gasteiger partial charge in [0.15, 0.2) is 0 Å². The summed E-state index contributed by atoms with van der Waals surface area (Å²) in [5, 5.41) is 11.7. The van der Waals surface area contributed by atoms with Gasteiger partial charge in [0.05, 0.1) is 13.0 Å². The van der Waals surface area contributed by atoms with Gasteiger partial charge in [-0.15, -0.1) is 0 Å². The number of benzene rings is 1. The van der Waals surface area contributed by atoms with Crippen LogP contribution in [0, 0.1) is 11.6 Å². The number of halogens is 2. The third kappa shape index (κ3) is 4.80. The lowest BCUT2D eigenvalue weighted by atomic mass is 10.1. The van der Waals surface area contributed by atoms with Crippen molar-refractivity contribution in [3.8, 4) is 0 Å². The zero-order valence-corrected chi connectivity index (χ0v) is 11.6. The Kier molecular flexibility index (Phi) is 6.24. The molecule has 0 saturated heterocycles. The zero-order valence-electron chi connectivity index (χ0n) is 10.8. The van der Waals surface area contributed by atoms with Crippen LogP contribution >= 0.6 is 11.8 Å². The minimum absolute atomic E-state index is 0.0481. The Bertz CT molecular complexity index is 439. The topological polar surface area (TPSA) is 49.3 Å². The van der Waals surface area contributed by atoms with Gasteiger partial charge in [-0.1, -0.05) is 6.07 Å². The van der Waals surface area contributed by atoms with E-state index in [0.29, 0.717) is 0 Å². The van der Waals surface area contributed by atoms with E-state index in [1.807, 2.05) is 6.26 Å². The van der Waals surface area contributed by atoms with E-state index >= 15 is 0 Å². The van der Waals surface area contributed by atoms with Gasteiger partial charge in [0.1, 0.15) is 11.6 Å². The molecule has 0 fully saturated rings. The monoisotopic (exact) mass is 289 g/mol. The number of thioether (sulfide) groups is 1. The first kappa shape index (κ1) is 15.9.